The molecule has 1 saturated carbocycles. The van der Waals surface area contributed by atoms with Crippen molar-refractivity contribution in [2.45, 2.75) is 76.6 Å². The van der Waals surface area contributed by atoms with Crippen molar-refractivity contribution in [1.82, 2.24) is 21.3 Å². The quantitative estimate of drug-likeness (QED) is 0.274. The molecule has 0 aromatic carbocycles. The number of aliphatic hydroxyl groups is 1. The Balaban J connectivity index is 2.09. The van der Waals surface area contributed by atoms with Crippen molar-refractivity contribution < 1.29 is 29.4 Å². The molecule has 1 saturated heterocycles. The molecule has 2 unspecified atom stereocenters. The van der Waals surface area contributed by atoms with Crippen LogP contribution in [0, 0.1) is 11.8 Å². The van der Waals surface area contributed by atoms with Crippen molar-refractivity contribution in [1.29, 1.82) is 0 Å². The molecule has 2 aliphatic rings. The van der Waals surface area contributed by atoms with Gasteiger partial charge >= 0.3 is 6.09 Å². The molecule has 2 fully saturated rings. The minimum atomic E-state index is -1.53. The molecule has 0 aromatic heterocycles. The van der Waals surface area contributed by atoms with Crippen molar-refractivity contribution >= 4 is 23.8 Å². The van der Waals surface area contributed by atoms with Gasteiger partial charge in [-0.3, -0.25) is 14.4 Å². The van der Waals surface area contributed by atoms with E-state index in [-0.39, 0.29) is 30.7 Å². The van der Waals surface area contributed by atoms with Crippen molar-refractivity contribution in [3.8, 4) is 0 Å². The standard InChI is InChI=1S/C19H32N4O6/c1-3-10(2)8-14(23-19(28)29)17(26)22-13(9-11-6-7-20-16(11)25)15(24)18(27)21-12-4-5-12/h10-15,23-24H,3-9H2,1-2H3,(H,20,25)(H,21,27)(H,22,26)(H,28,29)/t10?,11-,13-,14-,15?/m0/s1. The van der Waals surface area contributed by atoms with Crippen LogP contribution in [0.15, 0.2) is 0 Å². The fraction of sp³-hybridized carbons (Fsp3) is 0.789. The predicted octanol–water partition coefficient (Wildman–Crippen LogP) is -0.291. The van der Waals surface area contributed by atoms with E-state index in [2.05, 4.69) is 21.3 Å². The summed E-state index contributed by atoms with van der Waals surface area (Å²) in [4.78, 5) is 48.1. The SMILES string of the molecule is CCC(C)C[C@H](NC(=O)O)C(=O)N[C@@H](C[C@@H]1CCNC1=O)C(O)C(=O)NC1CC1. The van der Waals surface area contributed by atoms with Gasteiger partial charge in [0.1, 0.15) is 6.04 Å². The fourth-order valence-corrected chi connectivity index (χ4v) is 3.37. The number of nitrogens with one attached hydrogen (secondary N) is 4. The Labute approximate surface area is 170 Å². The van der Waals surface area contributed by atoms with E-state index in [9.17, 15) is 24.3 Å². The van der Waals surface area contributed by atoms with Crippen molar-refractivity contribution in [3.63, 3.8) is 0 Å². The zero-order valence-corrected chi connectivity index (χ0v) is 16.9. The molecule has 5 atom stereocenters. The van der Waals surface area contributed by atoms with E-state index < -0.39 is 42.0 Å². The lowest BCUT2D eigenvalue weighted by atomic mass is 9.93. The van der Waals surface area contributed by atoms with E-state index in [4.69, 9.17) is 5.11 Å². The van der Waals surface area contributed by atoms with Gasteiger partial charge in [0.2, 0.25) is 11.8 Å². The van der Waals surface area contributed by atoms with Crippen molar-refractivity contribution in [3.05, 3.63) is 0 Å². The highest BCUT2D eigenvalue weighted by atomic mass is 16.4. The van der Waals surface area contributed by atoms with Gasteiger partial charge in [-0.2, -0.15) is 0 Å². The van der Waals surface area contributed by atoms with Crippen LogP contribution in [0.2, 0.25) is 0 Å². The summed E-state index contributed by atoms with van der Waals surface area (Å²) < 4.78 is 0. The van der Waals surface area contributed by atoms with Gasteiger partial charge in [0.15, 0.2) is 6.10 Å². The summed E-state index contributed by atoms with van der Waals surface area (Å²) in [6, 6.07) is -1.97. The van der Waals surface area contributed by atoms with Gasteiger partial charge in [0.05, 0.1) is 6.04 Å². The lowest BCUT2D eigenvalue weighted by molar-refractivity contribution is -0.134. The van der Waals surface area contributed by atoms with Crippen LogP contribution < -0.4 is 21.3 Å². The van der Waals surface area contributed by atoms with Crippen molar-refractivity contribution in [2.24, 2.45) is 11.8 Å². The first-order valence-electron chi connectivity index (χ1n) is 10.3. The normalized spacial score (nSPS) is 22.7. The smallest absolute Gasteiger partial charge is 0.405 e. The second-order valence-corrected chi connectivity index (χ2v) is 8.11. The molecule has 0 spiro atoms. The Bertz CT molecular complexity index is 624. The molecule has 0 aromatic rings. The van der Waals surface area contributed by atoms with Gasteiger partial charge in [0.25, 0.3) is 5.91 Å². The van der Waals surface area contributed by atoms with Crippen LogP contribution in [0.4, 0.5) is 4.79 Å². The molecule has 0 bridgehead atoms. The topological polar surface area (TPSA) is 157 Å². The van der Waals surface area contributed by atoms with Crippen molar-refractivity contribution in [2.75, 3.05) is 6.54 Å². The van der Waals surface area contributed by atoms with Crippen LogP contribution in [-0.4, -0.2) is 64.8 Å². The van der Waals surface area contributed by atoms with E-state index in [0.717, 1.165) is 19.3 Å². The zero-order chi connectivity index (χ0) is 21.6. The van der Waals surface area contributed by atoms with Crippen LogP contribution >= 0.6 is 0 Å². The third-order valence-corrected chi connectivity index (χ3v) is 5.55. The number of hydrogen-bond donors (Lipinski definition) is 6. The highest BCUT2D eigenvalue weighted by molar-refractivity contribution is 5.88. The number of carbonyl (C=O) groups is 4. The van der Waals surface area contributed by atoms with Gasteiger partial charge in [-0.15, -0.1) is 0 Å². The Morgan fingerprint density at radius 2 is 1.86 bits per heavy atom. The lowest BCUT2D eigenvalue weighted by Gasteiger charge is -2.28. The molecule has 6 N–H and O–H groups in total. The van der Waals surface area contributed by atoms with Crippen LogP contribution in [-0.2, 0) is 14.4 Å². The summed E-state index contributed by atoms with van der Waals surface area (Å²) in [6.45, 7) is 4.35. The highest BCUT2D eigenvalue weighted by Crippen LogP contribution is 2.21. The summed E-state index contributed by atoms with van der Waals surface area (Å²) in [6.07, 6.45) is 0.541. The first-order chi connectivity index (χ1) is 13.7. The van der Waals surface area contributed by atoms with E-state index in [1.54, 1.807) is 0 Å². The molecule has 10 nitrogen and oxygen atoms in total. The predicted molar refractivity (Wildman–Crippen MR) is 104 cm³/mol. The molecule has 10 heteroatoms. The first kappa shape index (κ1) is 22.9. The molecule has 1 aliphatic carbocycles. The molecular weight excluding hydrogens is 380 g/mol. The van der Waals surface area contributed by atoms with Crippen LogP contribution in [0.1, 0.15) is 52.4 Å². The Morgan fingerprint density at radius 1 is 1.17 bits per heavy atom. The molecule has 1 aliphatic heterocycles. The fourth-order valence-electron chi connectivity index (χ4n) is 3.37. The van der Waals surface area contributed by atoms with Gasteiger partial charge in [-0.25, -0.2) is 4.79 Å². The first-order valence-corrected chi connectivity index (χ1v) is 10.3. The van der Waals surface area contributed by atoms with Gasteiger partial charge in [-0.05, 0) is 38.0 Å². The van der Waals surface area contributed by atoms with Gasteiger partial charge in [-0.1, -0.05) is 20.3 Å². The van der Waals surface area contributed by atoms with Crippen LogP contribution in [0.25, 0.3) is 0 Å². The van der Waals surface area contributed by atoms with E-state index in [1.807, 2.05) is 13.8 Å². The number of carbonyl (C=O) groups excluding carboxylic acids is 3. The van der Waals surface area contributed by atoms with E-state index >= 15 is 0 Å². The number of rotatable bonds is 11. The molecule has 4 amide bonds. The monoisotopic (exact) mass is 412 g/mol. The third-order valence-electron chi connectivity index (χ3n) is 5.55. The minimum absolute atomic E-state index is 0.0371. The van der Waals surface area contributed by atoms with Gasteiger partial charge < -0.3 is 31.5 Å². The molecule has 1 heterocycles. The van der Waals surface area contributed by atoms with Crippen LogP contribution in [0.3, 0.4) is 0 Å². The average Bonchev–Trinajstić information content (AvgIpc) is 3.39. The second-order valence-electron chi connectivity index (χ2n) is 8.11. The minimum Gasteiger partial charge on any atom is -0.465 e. The maximum Gasteiger partial charge on any atom is 0.405 e. The number of amides is 4. The number of carboxylic acid groups (broad SMARTS) is 1. The van der Waals surface area contributed by atoms with Crippen LogP contribution in [0.5, 0.6) is 0 Å². The Morgan fingerprint density at radius 3 is 2.38 bits per heavy atom. The largest absolute Gasteiger partial charge is 0.465 e. The molecule has 0 radical (unpaired) electrons. The molecule has 2 rings (SSSR count). The molecule has 29 heavy (non-hydrogen) atoms. The lowest BCUT2D eigenvalue weighted by Crippen LogP contribution is -2.56. The molecule has 164 valence electrons. The van der Waals surface area contributed by atoms with E-state index in [0.29, 0.717) is 13.0 Å². The zero-order valence-electron chi connectivity index (χ0n) is 16.9. The summed E-state index contributed by atoms with van der Waals surface area (Å²) in [7, 11) is 0. The second kappa shape index (κ2) is 10.4. The Hall–Kier alpha value is -2.36. The molecular formula is C19H32N4O6. The maximum atomic E-state index is 12.8. The number of hydrogen-bond acceptors (Lipinski definition) is 5. The highest BCUT2D eigenvalue weighted by Gasteiger charge is 2.37. The number of aliphatic hydroxyl groups excluding tert-OH is 1. The van der Waals surface area contributed by atoms with E-state index in [1.165, 1.54) is 0 Å². The Kier molecular flexibility index (Phi) is 8.24. The summed E-state index contributed by atoms with van der Waals surface area (Å²) >= 11 is 0. The van der Waals surface area contributed by atoms with Gasteiger partial charge in [0, 0.05) is 18.5 Å². The summed E-state index contributed by atoms with van der Waals surface area (Å²) in [5, 5.41) is 29.8. The maximum absolute atomic E-state index is 12.8. The summed E-state index contributed by atoms with van der Waals surface area (Å²) in [5.74, 6) is -1.72. The average molecular weight is 412 g/mol. The summed E-state index contributed by atoms with van der Waals surface area (Å²) in [5.41, 5.74) is 0. The third kappa shape index (κ3) is 7.19.